The number of Topliss-reactive ketones (excluding diaryl/α,β-unsaturated/α-hetero) is 1. The molecule has 1 aromatic heterocycles. The van der Waals surface area contributed by atoms with Gasteiger partial charge in [-0.3, -0.25) is 9.48 Å². The fourth-order valence-corrected chi connectivity index (χ4v) is 2.53. The van der Waals surface area contributed by atoms with E-state index in [1.54, 1.807) is 10.9 Å². The molecule has 0 aliphatic carbocycles. The van der Waals surface area contributed by atoms with E-state index in [2.05, 4.69) is 21.0 Å². The number of ketones is 1. The van der Waals surface area contributed by atoms with Gasteiger partial charge in [0.25, 0.3) is 0 Å². The molecule has 2 aromatic rings. The number of benzene rings is 1. The lowest BCUT2D eigenvalue weighted by molar-refractivity contribution is 0.0953. The second-order valence-electron chi connectivity index (χ2n) is 4.88. The topological polar surface area (TPSA) is 34.9 Å². The fourth-order valence-electron chi connectivity index (χ4n) is 2.06. The Bertz CT molecular complexity index is 575. The average Bonchev–Trinajstić information content (AvgIpc) is 2.80. The van der Waals surface area contributed by atoms with Crippen LogP contribution in [0.2, 0.25) is 0 Å². The maximum atomic E-state index is 12.7. The Morgan fingerprint density at radius 1 is 1.21 bits per heavy atom. The Morgan fingerprint density at radius 2 is 1.84 bits per heavy atom. The summed E-state index contributed by atoms with van der Waals surface area (Å²) in [5.41, 5.74) is 1.67. The molecule has 1 aromatic carbocycles. The van der Waals surface area contributed by atoms with Gasteiger partial charge >= 0.3 is 0 Å². The zero-order chi connectivity index (χ0) is 14.0. The smallest absolute Gasteiger partial charge is 0.189 e. The molecular weight excluding hydrogens is 304 g/mol. The lowest BCUT2D eigenvalue weighted by atomic mass is 9.95. The second kappa shape index (κ2) is 5.70. The molecule has 0 aliphatic heterocycles. The van der Waals surface area contributed by atoms with Gasteiger partial charge in [-0.2, -0.15) is 5.10 Å². The summed E-state index contributed by atoms with van der Waals surface area (Å²) in [6, 6.07) is 9.98. The molecule has 0 aliphatic rings. The minimum Gasteiger partial charge on any atom is -0.292 e. The van der Waals surface area contributed by atoms with Crippen LogP contribution >= 0.6 is 15.9 Å². The van der Waals surface area contributed by atoms with Crippen LogP contribution in [0.15, 0.2) is 41.0 Å². The van der Waals surface area contributed by atoms with Gasteiger partial charge in [0.2, 0.25) is 0 Å². The van der Waals surface area contributed by atoms with Crippen molar-refractivity contribution in [3.8, 4) is 0 Å². The van der Waals surface area contributed by atoms with Crippen molar-refractivity contribution < 1.29 is 4.79 Å². The van der Waals surface area contributed by atoms with Crippen LogP contribution in [0.1, 0.15) is 48.8 Å². The van der Waals surface area contributed by atoms with Crippen molar-refractivity contribution >= 4 is 21.7 Å². The van der Waals surface area contributed by atoms with Gasteiger partial charge in [-0.1, -0.05) is 37.3 Å². The van der Waals surface area contributed by atoms with Crippen molar-refractivity contribution in [1.29, 1.82) is 0 Å². The average molecular weight is 321 g/mol. The van der Waals surface area contributed by atoms with E-state index in [9.17, 15) is 4.79 Å². The van der Waals surface area contributed by atoms with E-state index in [0.717, 1.165) is 10.0 Å². The van der Waals surface area contributed by atoms with Gasteiger partial charge in [0.1, 0.15) is 5.69 Å². The molecule has 4 heteroatoms. The molecule has 1 atom stereocenters. The summed E-state index contributed by atoms with van der Waals surface area (Å²) in [5.74, 6) is -0.0871. The standard InChI is InChI=1S/C15H17BrN2O/c1-10(2)18-14(13(16)9-17-18)15(19)11(3)12-7-5-4-6-8-12/h4-11H,1-3H3. The van der Waals surface area contributed by atoms with E-state index in [1.807, 2.05) is 51.1 Å². The summed E-state index contributed by atoms with van der Waals surface area (Å²) in [4.78, 5) is 12.7. The normalized spacial score (nSPS) is 12.7. The third-order valence-electron chi connectivity index (χ3n) is 3.17. The molecule has 3 nitrogen and oxygen atoms in total. The van der Waals surface area contributed by atoms with Gasteiger partial charge in [0.05, 0.1) is 10.7 Å². The molecule has 100 valence electrons. The number of aromatic nitrogens is 2. The summed E-state index contributed by atoms with van der Waals surface area (Å²) in [6.07, 6.45) is 1.69. The van der Waals surface area contributed by atoms with E-state index in [-0.39, 0.29) is 17.7 Å². The van der Waals surface area contributed by atoms with Crippen LogP contribution in [0.3, 0.4) is 0 Å². The molecule has 0 bridgehead atoms. The van der Waals surface area contributed by atoms with Crippen LogP contribution < -0.4 is 0 Å². The van der Waals surface area contributed by atoms with Crippen molar-refractivity contribution in [1.82, 2.24) is 9.78 Å². The maximum Gasteiger partial charge on any atom is 0.189 e. The molecule has 0 saturated carbocycles. The summed E-state index contributed by atoms with van der Waals surface area (Å²) in [6.45, 7) is 5.97. The molecule has 0 N–H and O–H groups in total. The molecule has 0 amide bonds. The number of carbonyl (C=O) groups excluding carboxylic acids is 1. The monoisotopic (exact) mass is 320 g/mol. The molecule has 0 saturated heterocycles. The first kappa shape index (κ1) is 14.0. The van der Waals surface area contributed by atoms with Crippen LogP contribution in [0.25, 0.3) is 0 Å². The van der Waals surface area contributed by atoms with Gasteiger partial charge in [0, 0.05) is 12.0 Å². The van der Waals surface area contributed by atoms with Crippen LogP contribution in [0.4, 0.5) is 0 Å². The number of rotatable bonds is 4. The first-order valence-electron chi connectivity index (χ1n) is 6.34. The Kier molecular flexibility index (Phi) is 4.20. The number of nitrogens with zero attached hydrogens (tertiary/aromatic N) is 2. The number of hydrogen-bond donors (Lipinski definition) is 0. The molecule has 0 fully saturated rings. The Morgan fingerprint density at radius 3 is 2.42 bits per heavy atom. The van der Waals surface area contributed by atoms with E-state index in [1.165, 1.54) is 0 Å². The third-order valence-corrected chi connectivity index (χ3v) is 3.75. The minimum absolute atomic E-state index is 0.0873. The Hall–Kier alpha value is -1.42. The number of hydrogen-bond acceptors (Lipinski definition) is 2. The van der Waals surface area contributed by atoms with E-state index >= 15 is 0 Å². The third kappa shape index (κ3) is 2.78. The van der Waals surface area contributed by atoms with Gasteiger partial charge in [0.15, 0.2) is 5.78 Å². The van der Waals surface area contributed by atoms with Crippen molar-refractivity contribution in [3.63, 3.8) is 0 Å². The molecule has 19 heavy (non-hydrogen) atoms. The highest BCUT2D eigenvalue weighted by molar-refractivity contribution is 9.10. The Balaban J connectivity index is 2.37. The molecule has 1 unspecified atom stereocenters. The fraction of sp³-hybridized carbons (Fsp3) is 0.333. The number of halogens is 1. The molecular formula is C15H17BrN2O. The zero-order valence-corrected chi connectivity index (χ0v) is 12.9. The van der Waals surface area contributed by atoms with Crippen molar-refractivity contribution in [2.75, 3.05) is 0 Å². The van der Waals surface area contributed by atoms with Crippen LogP contribution in [-0.2, 0) is 0 Å². The summed E-state index contributed by atoms with van der Waals surface area (Å²) < 4.78 is 2.53. The van der Waals surface area contributed by atoms with Crippen molar-refractivity contribution in [2.24, 2.45) is 0 Å². The van der Waals surface area contributed by atoms with Gasteiger partial charge in [-0.15, -0.1) is 0 Å². The first-order chi connectivity index (χ1) is 9.02. The quantitative estimate of drug-likeness (QED) is 0.791. The SMILES string of the molecule is CC(C(=O)c1c(Br)cnn1C(C)C)c1ccccc1. The van der Waals surface area contributed by atoms with E-state index in [0.29, 0.717) is 5.69 Å². The molecule has 1 heterocycles. The van der Waals surface area contributed by atoms with E-state index in [4.69, 9.17) is 0 Å². The maximum absolute atomic E-state index is 12.7. The zero-order valence-electron chi connectivity index (χ0n) is 11.3. The predicted molar refractivity (Wildman–Crippen MR) is 79.5 cm³/mol. The first-order valence-corrected chi connectivity index (χ1v) is 7.13. The highest BCUT2D eigenvalue weighted by atomic mass is 79.9. The summed E-state index contributed by atoms with van der Waals surface area (Å²) in [5, 5.41) is 4.26. The molecule has 0 spiro atoms. The highest BCUT2D eigenvalue weighted by Crippen LogP contribution is 2.26. The minimum atomic E-state index is -0.174. The summed E-state index contributed by atoms with van der Waals surface area (Å²) >= 11 is 3.42. The predicted octanol–water partition coefficient (Wildman–Crippen LogP) is 4.21. The van der Waals surface area contributed by atoms with Crippen molar-refractivity contribution in [3.05, 3.63) is 52.3 Å². The lowest BCUT2D eigenvalue weighted by Crippen LogP contribution is -2.17. The van der Waals surface area contributed by atoms with Gasteiger partial charge in [-0.25, -0.2) is 0 Å². The van der Waals surface area contributed by atoms with Crippen LogP contribution in [0.5, 0.6) is 0 Å². The van der Waals surface area contributed by atoms with E-state index < -0.39 is 0 Å². The van der Waals surface area contributed by atoms with Crippen LogP contribution in [-0.4, -0.2) is 15.6 Å². The molecule has 0 radical (unpaired) electrons. The van der Waals surface area contributed by atoms with Gasteiger partial charge in [-0.05, 0) is 35.3 Å². The Labute approximate surface area is 121 Å². The highest BCUT2D eigenvalue weighted by Gasteiger charge is 2.24. The number of carbonyl (C=O) groups is 1. The summed E-state index contributed by atoms with van der Waals surface area (Å²) in [7, 11) is 0. The molecule has 2 rings (SSSR count). The second-order valence-corrected chi connectivity index (χ2v) is 5.73. The van der Waals surface area contributed by atoms with Crippen molar-refractivity contribution in [2.45, 2.75) is 32.7 Å². The largest absolute Gasteiger partial charge is 0.292 e. The van der Waals surface area contributed by atoms with Gasteiger partial charge < -0.3 is 0 Å². The van der Waals surface area contributed by atoms with Crippen LogP contribution in [0, 0.1) is 0 Å². The lowest BCUT2D eigenvalue weighted by Gasteiger charge is -2.15.